The fourth-order valence-corrected chi connectivity index (χ4v) is 3.11. The summed E-state index contributed by atoms with van der Waals surface area (Å²) in [7, 11) is 4.30. The van der Waals surface area contributed by atoms with Gasteiger partial charge in [0.25, 0.3) is 0 Å². The molecule has 0 bridgehead atoms. The first kappa shape index (κ1) is 14.3. The van der Waals surface area contributed by atoms with Gasteiger partial charge in [-0.25, -0.2) is 0 Å². The van der Waals surface area contributed by atoms with Crippen LogP contribution in [0.15, 0.2) is 59.1 Å². The summed E-state index contributed by atoms with van der Waals surface area (Å²) in [4.78, 5) is 2.31. The van der Waals surface area contributed by atoms with Crippen molar-refractivity contribution in [2.45, 2.75) is 18.9 Å². The molecule has 2 heteroatoms. The molecular weight excluding hydrogens is 298 g/mol. The third-order valence-electron chi connectivity index (χ3n) is 3.85. The van der Waals surface area contributed by atoms with Crippen molar-refractivity contribution in [2.75, 3.05) is 14.1 Å². The molecule has 0 spiro atoms. The maximum absolute atomic E-state index is 3.51. The van der Waals surface area contributed by atoms with E-state index in [9.17, 15) is 0 Å². The number of halogens is 1. The van der Waals surface area contributed by atoms with Crippen molar-refractivity contribution in [1.82, 2.24) is 4.90 Å². The fourth-order valence-electron chi connectivity index (χ4n) is 2.85. The molecule has 2 aromatic carbocycles. The lowest BCUT2D eigenvalue weighted by Crippen LogP contribution is -2.41. The minimum absolute atomic E-state index is 0.0675. The largest absolute Gasteiger partial charge is 0.296 e. The van der Waals surface area contributed by atoms with Gasteiger partial charge in [-0.2, -0.15) is 0 Å². The molecular formula is C17H20BrN. The number of hydrogen-bond acceptors (Lipinski definition) is 1. The normalized spacial score (nSPS) is 14.4. The van der Waals surface area contributed by atoms with E-state index in [1.807, 2.05) is 0 Å². The van der Waals surface area contributed by atoms with Crippen LogP contribution in [0.1, 0.15) is 24.5 Å². The minimum atomic E-state index is -0.0675. The summed E-state index contributed by atoms with van der Waals surface area (Å²) >= 11 is 3.51. The predicted molar refractivity (Wildman–Crippen MR) is 85.3 cm³/mol. The van der Waals surface area contributed by atoms with Crippen LogP contribution >= 0.6 is 15.9 Å². The highest BCUT2D eigenvalue weighted by atomic mass is 79.9. The molecule has 0 aliphatic carbocycles. The van der Waals surface area contributed by atoms with E-state index in [0.29, 0.717) is 0 Å². The van der Waals surface area contributed by atoms with Gasteiger partial charge in [0.1, 0.15) is 0 Å². The molecule has 0 aliphatic rings. The zero-order chi connectivity index (χ0) is 13.9. The lowest BCUT2D eigenvalue weighted by Gasteiger charge is -2.40. The van der Waals surface area contributed by atoms with Gasteiger partial charge in [0, 0.05) is 4.47 Å². The second kappa shape index (κ2) is 5.89. The van der Waals surface area contributed by atoms with Gasteiger partial charge in [-0.05, 0) is 43.8 Å². The van der Waals surface area contributed by atoms with E-state index in [0.717, 1.165) is 10.9 Å². The Morgan fingerprint density at radius 1 is 0.895 bits per heavy atom. The van der Waals surface area contributed by atoms with Gasteiger partial charge in [0.05, 0.1) is 5.54 Å². The van der Waals surface area contributed by atoms with E-state index < -0.39 is 0 Å². The average Bonchev–Trinajstić information content (AvgIpc) is 2.43. The Balaban J connectivity index is 2.61. The van der Waals surface area contributed by atoms with E-state index in [1.54, 1.807) is 0 Å². The SMILES string of the molecule is CCC(c1ccccc1)(c1ccc(Br)cc1)N(C)C. The summed E-state index contributed by atoms with van der Waals surface area (Å²) in [6.45, 7) is 2.25. The van der Waals surface area contributed by atoms with E-state index in [2.05, 4.69) is 96.4 Å². The van der Waals surface area contributed by atoms with Crippen LogP contribution in [0.3, 0.4) is 0 Å². The molecule has 0 aromatic heterocycles. The van der Waals surface area contributed by atoms with Crippen LogP contribution in [0.25, 0.3) is 0 Å². The fraction of sp³-hybridized carbons (Fsp3) is 0.294. The summed E-state index contributed by atoms with van der Waals surface area (Å²) < 4.78 is 1.12. The molecule has 0 radical (unpaired) electrons. The van der Waals surface area contributed by atoms with Crippen molar-refractivity contribution in [2.24, 2.45) is 0 Å². The van der Waals surface area contributed by atoms with Gasteiger partial charge >= 0.3 is 0 Å². The second-order valence-electron chi connectivity index (χ2n) is 4.98. The maximum Gasteiger partial charge on any atom is 0.0708 e. The molecule has 1 nitrogen and oxygen atoms in total. The Labute approximate surface area is 124 Å². The van der Waals surface area contributed by atoms with E-state index in [-0.39, 0.29) is 5.54 Å². The van der Waals surface area contributed by atoms with Crippen LogP contribution in [0, 0.1) is 0 Å². The van der Waals surface area contributed by atoms with Gasteiger partial charge in [0.15, 0.2) is 0 Å². The third-order valence-corrected chi connectivity index (χ3v) is 4.38. The first-order valence-electron chi connectivity index (χ1n) is 6.60. The topological polar surface area (TPSA) is 3.24 Å². The molecule has 0 amide bonds. The molecule has 19 heavy (non-hydrogen) atoms. The van der Waals surface area contributed by atoms with Gasteiger partial charge in [-0.3, -0.25) is 4.90 Å². The van der Waals surface area contributed by atoms with E-state index >= 15 is 0 Å². The van der Waals surface area contributed by atoms with Gasteiger partial charge in [-0.1, -0.05) is 65.3 Å². The summed E-state index contributed by atoms with van der Waals surface area (Å²) in [5.41, 5.74) is 2.60. The molecule has 2 rings (SSSR count). The molecule has 1 atom stereocenters. The zero-order valence-corrected chi connectivity index (χ0v) is 13.3. The van der Waals surface area contributed by atoms with Crippen molar-refractivity contribution in [3.05, 3.63) is 70.2 Å². The van der Waals surface area contributed by atoms with Crippen LogP contribution in [0.2, 0.25) is 0 Å². The Morgan fingerprint density at radius 2 is 1.42 bits per heavy atom. The van der Waals surface area contributed by atoms with Crippen LogP contribution in [0.5, 0.6) is 0 Å². The highest BCUT2D eigenvalue weighted by molar-refractivity contribution is 9.10. The first-order valence-corrected chi connectivity index (χ1v) is 7.39. The van der Waals surface area contributed by atoms with Gasteiger partial charge in [-0.15, -0.1) is 0 Å². The van der Waals surface area contributed by atoms with Crippen LogP contribution in [0.4, 0.5) is 0 Å². The van der Waals surface area contributed by atoms with Crippen molar-refractivity contribution in [3.8, 4) is 0 Å². The molecule has 0 saturated carbocycles. The van der Waals surface area contributed by atoms with Crippen LogP contribution in [-0.2, 0) is 5.54 Å². The number of nitrogens with zero attached hydrogens (tertiary/aromatic N) is 1. The molecule has 1 unspecified atom stereocenters. The number of hydrogen-bond donors (Lipinski definition) is 0. The van der Waals surface area contributed by atoms with E-state index in [4.69, 9.17) is 0 Å². The second-order valence-corrected chi connectivity index (χ2v) is 5.90. The summed E-state index contributed by atoms with van der Waals surface area (Å²) in [5.74, 6) is 0. The Bertz CT molecular complexity index is 519. The Morgan fingerprint density at radius 3 is 1.89 bits per heavy atom. The van der Waals surface area contributed by atoms with Crippen molar-refractivity contribution in [1.29, 1.82) is 0 Å². The van der Waals surface area contributed by atoms with Crippen LogP contribution in [-0.4, -0.2) is 19.0 Å². The molecule has 2 aromatic rings. The summed E-state index contributed by atoms with van der Waals surface area (Å²) in [5, 5.41) is 0. The maximum atomic E-state index is 3.51. The summed E-state index contributed by atoms with van der Waals surface area (Å²) in [6.07, 6.45) is 1.03. The van der Waals surface area contributed by atoms with E-state index in [1.165, 1.54) is 11.1 Å². The predicted octanol–water partition coefficient (Wildman–Crippen LogP) is 4.66. The quantitative estimate of drug-likeness (QED) is 0.792. The lowest BCUT2D eigenvalue weighted by atomic mass is 9.79. The van der Waals surface area contributed by atoms with Crippen molar-refractivity contribution in [3.63, 3.8) is 0 Å². The highest BCUT2D eigenvalue weighted by Gasteiger charge is 2.34. The minimum Gasteiger partial charge on any atom is -0.296 e. The first-order chi connectivity index (χ1) is 9.11. The molecule has 0 heterocycles. The molecule has 100 valence electrons. The van der Waals surface area contributed by atoms with Crippen molar-refractivity contribution < 1.29 is 0 Å². The number of benzene rings is 2. The van der Waals surface area contributed by atoms with Crippen molar-refractivity contribution >= 4 is 15.9 Å². The summed E-state index contributed by atoms with van der Waals surface area (Å²) in [6, 6.07) is 19.4. The average molecular weight is 318 g/mol. The number of rotatable bonds is 4. The molecule has 0 aliphatic heterocycles. The monoisotopic (exact) mass is 317 g/mol. The highest BCUT2D eigenvalue weighted by Crippen LogP contribution is 2.37. The Hall–Kier alpha value is -1.12. The van der Waals surface area contributed by atoms with Gasteiger partial charge < -0.3 is 0 Å². The van der Waals surface area contributed by atoms with Crippen LogP contribution < -0.4 is 0 Å². The smallest absolute Gasteiger partial charge is 0.0708 e. The Kier molecular flexibility index (Phi) is 4.43. The third kappa shape index (κ3) is 2.60. The molecule has 0 N–H and O–H groups in total. The lowest BCUT2D eigenvalue weighted by molar-refractivity contribution is 0.192. The molecule has 0 fully saturated rings. The standard InChI is InChI=1S/C17H20BrN/c1-4-17(19(2)3,14-8-6-5-7-9-14)15-10-12-16(18)13-11-15/h5-13H,4H2,1-3H3. The zero-order valence-electron chi connectivity index (χ0n) is 11.7. The molecule has 0 saturated heterocycles. The van der Waals surface area contributed by atoms with Gasteiger partial charge in [0.2, 0.25) is 0 Å².